The quantitative estimate of drug-likeness (QED) is 0.737. The van der Waals surface area contributed by atoms with E-state index in [4.69, 9.17) is 17.3 Å². The number of benzene rings is 1. The van der Waals surface area contributed by atoms with Gasteiger partial charge in [0.15, 0.2) is 5.65 Å². The van der Waals surface area contributed by atoms with Crippen molar-refractivity contribution in [1.29, 1.82) is 0 Å². The van der Waals surface area contributed by atoms with Crippen LogP contribution in [0.1, 0.15) is 12.8 Å². The van der Waals surface area contributed by atoms with Gasteiger partial charge in [0.05, 0.1) is 11.1 Å². The number of nitrogens with zero attached hydrogens (tertiary/aromatic N) is 4. The number of aromatic nitrogens is 3. The van der Waals surface area contributed by atoms with Crippen LogP contribution >= 0.6 is 11.6 Å². The first-order valence-corrected chi connectivity index (χ1v) is 9.11. The Kier molecular flexibility index (Phi) is 4.61. The lowest BCUT2D eigenvalue weighted by molar-refractivity contribution is 0.263. The van der Waals surface area contributed by atoms with Gasteiger partial charge < -0.3 is 16.0 Å². The first-order valence-electron chi connectivity index (χ1n) is 8.74. The van der Waals surface area contributed by atoms with E-state index in [0.717, 1.165) is 42.6 Å². The molecule has 0 aliphatic carbocycles. The van der Waals surface area contributed by atoms with Gasteiger partial charge in [-0.2, -0.15) is 9.97 Å². The van der Waals surface area contributed by atoms with E-state index in [0.29, 0.717) is 28.5 Å². The molecule has 134 valence electrons. The molecule has 4 rings (SSSR count). The fourth-order valence-electron chi connectivity index (χ4n) is 3.21. The van der Waals surface area contributed by atoms with Crippen molar-refractivity contribution in [2.75, 3.05) is 31.2 Å². The summed E-state index contributed by atoms with van der Waals surface area (Å²) in [6.07, 6.45) is 2.13. The zero-order valence-corrected chi connectivity index (χ0v) is 15.4. The number of nitrogen functional groups attached to an aromatic ring is 1. The second-order valence-corrected chi connectivity index (χ2v) is 7.17. The van der Waals surface area contributed by atoms with E-state index in [-0.39, 0.29) is 0 Å². The maximum atomic E-state index is 6.14. The van der Waals surface area contributed by atoms with E-state index in [2.05, 4.69) is 32.2 Å². The minimum Gasteiger partial charge on any atom is -0.383 e. The molecule has 2 aromatic heterocycles. The molecule has 3 N–H and O–H groups in total. The fourth-order valence-corrected chi connectivity index (χ4v) is 3.34. The van der Waals surface area contributed by atoms with Crippen molar-refractivity contribution in [3.8, 4) is 11.3 Å². The Labute approximate surface area is 157 Å². The predicted octanol–water partition coefficient (Wildman–Crippen LogP) is 3.43. The van der Waals surface area contributed by atoms with Gasteiger partial charge in [0.25, 0.3) is 0 Å². The van der Waals surface area contributed by atoms with Crippen molar-refractivity contribution in [3.05, 3.63) is 41.4 Å². The van der Waals surface area contributed by atoms with Gasteiger partial charge in [-0.05, 0) is 57.2 Å². The van der Waals surface area contributed by atoms with Gasteiger partial charge in [0, 0.05) is 16.6 Å². The molecule has 1 fully saturated rings. The van der Waals surface area contributed by atoms with Crippen LogP contribution in [0.2, 0.25) is 5.02 Å². The number of anilines is 2. The van der Waals surface area contributed by atoms with Crippen molar-refractivity contribution in [2.45, 2.75) is 18.9 Å². The maximum absolute atomic E-state index is 6.14. The Morgan fingerprint density at radius 2 is 1.77 bits per heavy atom. The Hall–Kier alpha value is -2.44. The SMILES string of the molecule is CN1CCC(Nc2nc(N)c3ccc(-c4ccc(Cl)cc4)nc3n2)CC1. The molecule has 0 atom stereocenters. The van der Waals surface area contributed by atoms with Gasteiger partial charge in [-0.3, -0.25) is 0 Å². The predicted molar refractivity (Wildman–Crippen MR) is 106 cm³/mol. The van der Waals surface area contributed by atoms with Crippen molar-refractivity contribution in [1.82, 2.24) is 19.9 Å². The van der Waals surface area contributed by atoms with Crippen LogP contribution < -0.4 is 11.1 Å². The van der Waals surface area contributed by atoms with Gasteiger partial charge in [-0.25, -0.2) is 4.98 Å². The number of piperidine rings is 1. The standard InChI is InChI=1S/C19H21ClN6/c1-26-10-8-14(9-11-26)22-19-24-17(21)15-6-7-16(23-18(15)25-19)12-2-4-13(20)5-3-12/h2-7,14H,8-11H2,1H3,(H3,21,22,23,24,25). The summed E-state index contributed by atoms with van der Waals surface area (Å²) in [6.45, 7) is 2.14. The molecule has 3 aromatic rings. The average Bonchev–Trinajstić information content (AvgIpc) is 2.64. The Morgan fingerprint density at radius 3 is 2.50 bits per heavy atom. The maximum Gasteiger partial charge on any atom is 0.226 e. The molecule has 0 spiro atoms. The monoisotopic (exact) mass is 368 g/mol. The summed E-state index contributed by atoms with van der Waals surface area (Å²) in [5, 5.41) is 4.88. The molecular weight excluding hydrogens is 348 g/mol. The highest BCUT2D eigenvalue weighted by molar-refractivity contribution is 6.30. The second kappa shape index (κ2) is 7.05. The van der Waals surface area contributed by atoms with Crippen molar-refractivity contribution in [3.63, 3.8) is 0 Å². The summed E-state index contributed by atoms with van der Waals surface area (Å²) in [4.78, 5) is 16.0. The molecule has 6 nitrogen and oxygen atoms in total. The summed E-state index contributed by atoms with van der Waals surface area (Å²) >= 11 is 5.97. The normalized spacial score (nSPS) is 16.1. The summed E-state index contributed by atoms with van der Waals surface area (Å²) < 4.78 is 0. The van der Waals surface area contributed by atoms with Gasteiger partial charge in [0.1, 0.15) is 5.82 Å². The molecule has 0 saturated carbocycles. The Bertz CT molecular complexity index is 919. The summed E-state index contributed by atoms with van der Waals surface area (Å²) in [5.74, 6) is 0.992. The number of halogens is 1. The molecule has 1 saturated heterocycles. The molecule has 0 radical (unpaired) electrons. The average molecular weight is 369 g/mol. The van der Waals surface area contributed by atoms with Crippen molar-refractivity contribution >= 4 is 34.4 Å². The van der Waals surface area contributed by atoms with Gasteiger partial charge >= 0.3 is 0 Å². The zero-order chi connectivity index (χ0) is 18.1. The number of nitrogens with two attached hydrogens (primary N) is 1. The third-order valence-corrected chi connectivity index (χ3v) is 5.03. The molecule has 1 aromatic carbocycles. The summed E-state index contributed by atoms with van der Waals surface area (Å²) in [5.41, 5.74) is 8.55. The molecule has 0 bridgehead atoms. The van der Waals surface area contributed by atoms with Crippen LogP contribution in [0.3, 0.4) is 0 Å². The smallest absolute Gasteiger partial charge is 0.226 e. The lowest BCUT2D eigenvalue weighted by Crippen LogP contribution is -2.37. The number of hydrogen-bond donors (Lipinski definition) is 2. The largest absolute Gasteiger partial charge is 0.383 e. The molecule has 0 unspecified atom stereocenters. The third-order valence-electron chi connectivity index (χ3n) is 4.78. The fraction of sp³-hybridized carbons (Fsp3) is 0.316. The van der Waals surface area contributed by atoms with Gasteiger partial charge in [-0.15, -0.1) is 0 Å². The van der Waals surface area contributed by atoms with E-state index < -0.39 is 0 Å². The minimum atomic E-state index is 0.363. The highest BCUT2D eigenvalue weighted by Gasteiger charge is 2.18. The van der Waals surface area contributed by atoms with E-state index >= 15 is 0 Å². The van der Waals surface area contributed by atoms with Gasteiger partial charge in [0.2, 0.25) is 5.95 Å². The molecule has 3 heterocycles. The molecule has 1 aliphatic rings. The van der Waals surface area contributed by atoms with Crippen molar-refractivity contribution < 1.29 is 0 Å². The number of likely N-dealkylation sites (tertiary alicyclic amines) is 1. The zero-order valence-electron chi connectivity index (χ0n) is 14.6. The Morgan fingerprint density at radius 1 is 1.04 bits per heavy atom. The number of rotatable bonds is 3. The minimum absolute atomic E-state index is 0.363. The molecule has 26 heavy (non-hydrogen) atoms. The van der Waals surface area contributed by atoms with Crippen LogP contribution in [-0.4, -0.2) is 46.0 Å². The van der Waals surface area contributed by atoms with Crippen LogP contribution in [0, 0.1) is 0 Å². The van der Waals surface area contributed by atoms with Crippen LogP contribution in [-0.2, 0) is 0 Å². The number of fused-ring (bicyclic) bond motifs is 1. The lowest BCUT2D eigenvalue weighted by Gasteiger charge is -2.29. The second-order valence-electron chi connectivity index (χ2n) is 6.73. The Balaban J connectivity index is 1.64. The van der Waals surface area contributed by atoms with E-state index in [1.807, 2.05) is 36.4 Å². The van der Waals surface area contributed by atoms with E-state index in [1.165, 1.54) is 0 Å². The van der Waals surface area contributed by atoms with Crippen molar-refractivity contribution in [2.24, 2.45) is 0 Å². The summed E-state index contributed by atoms with van der Waals surface area (Å²) in [7, 11) is 2.14. The van der Waals surface area contributed by atoms with Gasteiger partial charge in [-0.1, -0.05) is 23.7 Å². The summed E-state index contributed by atoms with van der Waals surface area (Å²) in [6, 6.07) is 11.8. The highest BCUT2D eigenvalue weighted by atomic mass is 35.5. The number of nitrogens with one attached hydrogen (secondary N) is 1. The first-order chi connectivity index (χ1) is 12.6. The highest BCUT2D eigenvalue weighted by Crippen LogP contribution is 2.25. The number of hydrogen-bond acceptors (Lipinski definition) is 6. The third kappa shape index (κ3) is 3.57. The molecule has 7 heteroatoms. The molecular formula is C19H21ClN6. The van der Waals surface area contributed by atoms with Crippen LogP contribution in [0.5, 0.6) is 0 Å². The molecule has 0 amide bonds. The topological polar surface area (TPSA) is 80.0 Å². The van der Waals surface area contributed by atoms with E-state index in [1.54, 1.807) is 0 Å². The van der Waals surface area contributed by atoms with Crippen LogP contribution in [0.25, 0.3) is 22.3 Å². The molecule has 1 aliphatic heterocycles. The number of pyridine rings is 1. The van der Waals surface area contributed by atoms with Crippen LogP contribution in [0.15, 0.2) is 36.4 Å². The van der Waals surface area contributed by atoms with E-state index in [9.17, 15) is 0 Å². The lowest BCUT2D eigenvalue weighted by atomic mass is 10.1. The first kappa shape index (κ1) is 17.0. The van der Waals surface area contributed by atoms with Crippen LogP contribution in [0.4, 0.5) is 11.8 Å².